The number of halogens is 3. The number of nitrogens with zero attached hydrogens (tertiary/aromatic N) is 1. The molecule has 0 aromatic heterocycles. The number of piperidine rings is 1. The number of nitrogens with one attached hydrogen (secondary N) is 2. The summed E-state index contributed by atoms with van der Waals surface area (Å²) in [6.07, 6.45) is 3.31. The predicted octanol–water partition coefficient (Wildman–Crippen LogP) is 2.24. The molecule has 3 rings (SSSR count). The molecule has 194 valence electrons. The van der Waals surface area contributed by atoms with Crippen LogP contribution in [0.15, 0.2) is 30.3 Å². The Balaban J connectivity index is 0.00000432. The van der Waals surface area contributed by atoms with Crippen molar-refractivity contribution < 1.29 is 47.5 Å². The second-order valence-corrected chi connectivity index (χ2v) is 9.80. The lowest BCUT2D eigenvalue weighted by Gasteiger charge is -2.40. The average Bonchev–Trinajstić information content (AvgIpc) is 2.82. The van der Waals surface area contributed by atoms with Gasteiger partial charge >= 0.3 is 6.03 Å². The third-order valence-corrected chi connectivity index (χ3v) is 7.26. The molecule has 2 aromatic rings. The second kappa shape index (κ2) is 13.6. The van der Waals surface area contributed by atoms with Crippen LogP contribution >= 0.6 is 23.2 Å². The Bertz CT molecular complexity index is 976. The smallest absolute Gasteiger partial charge is 0.319 e. The van der Waals surface area contributed by atoms with E-state index in [-0.39, 0.29) is 30.0 Å². The van der Waals surface area contributed by atoms with Gasteiger partial charge in [-0.3, -0.25) is 0 Å². The number of ether oxygens (including phenoxy) is 3. The quantitative estimate of drug-likeness (QED) is 0.327. The number of hydrogen-bond donors (Lipinski definition) is 2. The number of likely N-dealkylation sites (N-methyl/N-ethyl adjacent to an activating group) is 1. The molecule has 0 bridgehead atoms. The van der Waals surface area contributed by atoms with Crippen LogP contribution < -0.4 is 48.8 Å². The number of likely N-dealkylation sites (tertiary alicyclic amines) is 1. The van der Waals surface area contributed by atoms with Crippen molar-refractivity contribution in [3.05, 3.63) is 45.9 Å². The molecule has 2 aromatic carbocycles. The highest BCUT2D eigenvalue weighted by Gasteiger charge is 2.30. The standard InChI is InChI=1S/C25H33Cl2N3O4.HI/c1-30(10-7-17(8-11-30)13-18-5-6-20(26)21(27)14-18)12-9-28-25(31)29-19-15-22(32-2)24(34-4)23(16-19)33-3;/h5-6,14-17H,7-13H2,1-4H3,(H-,28,29,31);1H. The maximum atomic E-state index is 12.5. The first kappa shape index (κ1) is 29.6. The summed E-state index contributed by atoms with van der Waals surface area (Å²) in [6.45, 7) is 3.64. The van der Waals surface area contributed by atoms with E-state index >= 15 is 0 Å². The molecule has 0 aliphatic carbocycles. The van der Waals surface area contributed by atoms with E-state index in [2.05, 4.69) is 23.7 Å². The fourth-order valence-electron chi connectivity index (χ4n) is 4.44. The highest BCUT2D eigenvalue weighted by Crippen LogP contribution is 2.39. The first-order valence-electron chi connectivity index (χ1n) is 11.4. The molecule has 10 heteroatoms. The number of quaternary nitrogens is 1. The summed E-state index contributed by atoms with van der Waals surface area (Å²) < 4.78 is 16.9. The summed E-state index contributed by atoms with van der Waals surface area (Å²) >= 11 is 12.2. The van der Waals surface area contributed by atoms with Gasteiger partial charge in [0.2, 0.25) is 5.75 Å². The second-order valence-electron chi connectivity index (χ2n) is 8.98. The van der Waals surface area contributed by atoms with Crippen molar-refractivity contribution in [2.75, 3.05) is 59.9 Å². The molecule has 0 unspecified atom stereocenters. The molecule has 1 fully saturated rings. The number of benzene rings is 2. The van der Waals surface area contributed by atoms with Crippen LogP contribution in [0.3, 0.4) is 0 Å². The summed E-state index contributed by atoms with van der Waals surface area (Å²) in [5, 5.41) is 7.02. The van der Waals surface area contributed by atoms with Crippen molar-refractivity contribution in [2.24, 2.45) is 5.92 Å². The van der Waals surface area contributed by atoms with Gasteiger partial charge in [0.1, 0.15) is 0 Å². The molecule has 0 radical (unpaired) electrons. The third-order valence-electron chi connectivity index (χ3n) is 6.52. The van der Waals surface area contributed by atoms with Crippen LogP contribution in [0.5, 0.6) is 17.2 Å². The molecule has 35 heavy (non-hydrogen) atoms. The summed E-state index contributed by atoms with van der Waals surface area (Å²) in [6, 6.07) is 9.05. The number of carbonyl (C=O) groups is 1. The molecule has 1 saturated heterocycles. The van der Waals surface area contributed by atoms with Gasteiger partial charge in [0, 0.05) is 12.1 Å². The van der Waals surface area contributed by atoms with Crippen molar-refractivity contribution in [1.82, 2.24) is 5.32 Å². The van der Waals surface area contributed by atoms with E-state index in [1.807, 2.05) is 12.1 Å². The van der Waals surface area contributed by atoms with Crippen LogP contribution in [0.4, 0.5) is 10.5 Å². The zero-order valence-electron chi connectivity index (χ0n) is 20.6. The van der Waals surface area contributed by atoms with E-state index in [1.54, 1.807) is 33.5 Å². The number of urea groups is 1. The number of anilines is 1. The van der Waals surface area contributed by atoms with Crippen LogP contribution in [0.25, 0.3) is 0 Å². The fourth-order valence-corrected chi connectivity index (χ4v) is 4.76. The summed E-state index contributed by atoms with van der Waals surface area (Å²) in [5.74, 6) is 2.09. The van der Waals surface area contributed by atoms with Crippen molar-refractivity contribution in [1.29, 1.82) is 0 Å². The van der Waals surface area contributed by atoms with E-state index in [0.717, 1.165) is 43.4 Å². The Morgan fingerprint density at radius 3 is 2.17 bits per heavy atom. The molecule has 2 N–H and O–H groups in total. The van der Waals surface area contributed by atoms with Gasteiger partial charge in [0.25, 0.3) is 0 Å². The Kier molecular flexibility index (Phi) is 11.5. The zero-order valence-corrected chi connectivity index (χ0v) is 24.3. The molecule has 7 nitrogen and oxygen atoms in total. The van der Waals surface area contributed by atoms with Crippen molar-refractivity contribution in [3.8, 4) is 17.2 Å². The van der Waals surface area contributed by atoms with Gasteiger partial charge in [-0.25, -0.2) is 4.79 Å². The van der Waals surface area contributed by atoms with E-state index < -0.39 is 0 Å². The Labute approximate surface area is 235 Å². The Hall–Kier alpha value is -1.62. The minimum atomic E-state index is -0.268. The monoisotopic (exact) mass is 637 g/mol. The first-order valence-corrected chi connectivity index (χ1v) is 12.1. The Morgan fingerprint density at radius 1 is 1.00 bits per heavy atom. The largest absolute Gasteiger partial charge is 1.00 e. The van der Waals surface area contributed by atoms with Gasteiger partial charge in [-0.2, -0.15) is 0 Å². The minimum absolute atomic E-state index is 0. The molecule has 1 heterocycles. The maximum Gasteiger partial charge on any atom is 0.319 e. The van der Waals surface area contributed by atoms with Crippen LogP contribution in [0.2, 0.25) is 10.0 Å². The zero-order chi connectivity index (χ0) is 24.7. The molecular weight excluding hydrogens is 604 g/mol. The number of amides is 2. The number of methoxy groups -OCH3 is 3. The number of hydrogen-bond acceptors (Lipinski definition) is 4. The van der Waals surface area contributed by atoms with Crippen LogP contribution in [-0.2, 0) is 6.42 Å². The highest BCUT2D eigenvalue weighted by atomic mass is 127. The highest BCUT2D eigenvalue weighted by molar-refractivity contribution is 6.42. The molecule has 0 atom stereocenters. The average molecular weight is 638 g/mol. The molecule has 1 aliphatic rings. The molecule has 0 saturated carbocycles. The third kappa shape index (κ3) is 8.20. The minimum Gasteiger partial charge on any atom is -1.00 e. The lowest BCUT2D eigenvalue weighted by molar-refractivity contribution is -0.914. The number of carbonyl (C=O) groups excluding carboxylic acids is 1. The molecule has 0 spiro atoms. The fraction of sp³-hybridized carbons (Fsp3) is 0.480. The normalized spacial score (nSPS) is 19.3. The first-order chi connectivity index (χ1) is 16.3. The van der Waals surface area contributed by atoms with E-state index in [1.165, 1.54) is 5.56 Å². The number of rotatable bonds is 9. The molecule has 2 amide bonds. The van der Waals surface area contributed by atoms with Gasteiger partial charge in [-0.15, -0.1) is 0 Å². The topological polar surface area (TPSA) is 68.8 Å². The summed E-state index contributed by atoms with van der Waals surface area (Å²) in [7, 11) is 6.88. The van der Waals surface area contributed by atoms with Crippen LogP contribution in [0, 0.1) is 5.92 Å². The van der Waals surface area contributed by atoms with E-state index in [0.29, 0.717) is 45.4 Å². The SMILES string of the molecule is COc1cc(NC(=O)NCC[N+]2(C)CCC(Cc3ccc(Cl)c(Cl)c3)CC2)cc(OC)c1OC.[I-]. The van der Waals surface area contributed by atoms with Crippen molar-refractivity contribution in [2.45, 2.75) is 19.3 Å². The Morgan fingerprint density at radius 2 is 1.63 bits per heavy atom. The van der Waals surface area contributed by atoms with Crippen molar-refractivity contribution >= 4 is 34.9 Å². The maximum absolute atomic E-state index is 12.5. The van der Waals surface area contributed by atoms with Gasteiger partial charge in [-0.05, 0) is 42.9 Å². The molecule has 1 aliphatic heterocycles. The molecular formula is C25H34Cl2IN3O4. The van der Waals surface area contributed by atoms with Gasteiger partial charge in [-0.1, -0.05) is 29.3 Å². The van der Waals surface area contributed by atoms with Gasteiger partial charge < -0.3 is 53.3 Å². The van der Waals surface area contributed by atoms with Crippen LogP contribution in [-0.4, -0.2) is 65.1 Å². The summed E-state index contributed by atoms with van der Waals surface area (Å²) in [4.78, 5) is 12.5. The van der Waals surface area contributed by atoms with Gasteiger partial charge in [0.05, 0.1) is 70.3 Å². The van der Waals surface area contributed by atoms with Crippen molar-refractivity contribution in [3.63, 3.8) is 0 Å². The van der Waals surface area contributed by atoms with E-state index in [4.69, 9.17) is 37.4 Å². The predicted molar refractivity (Wildman–Crippen MR) is 137 cm³/mol. The summed E-state index contributed by atoms with van der Waals surface area (Å²) in [5.41, 5.74) is 1.80. The lowest BCUT2D eigenvalue weighted by atomic mass is 9.89. The van der Waals surface area contributed by atoms with Gasteiger partial charge in [0.15, 0.2) is 11.5 Å². The van der Waals surface area contributed by atoms with Crippen LogP contribution in [0.1, 0.15) is 18.4 Å². The lowest BCUT2D eigenvalue weighted by Crippen LogP contribution is -3.00. The van der Waals surface area contributed by atoms with E-state index in [9.17, 15) is 4.79 Å².